The van der Waals surface area contributed by atoms with E-state index in [1.54, 1.807) is 17.5 Å². The van der Waals surface area contributed by atoms with Crippen molar-refractivity contribution in [2.75, 3.05) is 0 Å². The molecule has 2 rings (SSSR count). The van der Waals surface area contributed by atoms with Crippen LogP contribution in [-0.2, 0) is 0 Å². The van der Waals surface area contributed by atoms with Crippen LogP contribution in [0.2, 0.25) is 0 Å². The Morgan fingerprint density at radius 1 is 1.33 bits per heavy atom. The number of nitrogens with zero attached hydrogens (tertiary/aromatic N) is 2. The zero-order valence-electron chi connectivity index (χ0n) is 6.69. The molecule has 0 bridgehead atoms. The van der Waals surface area contributed by atoms with E-state index in [1.165, 1.54) is 4.88 Å². The summed E-state index contributed by atoms with van der Waals surface area (Å²) in [7, 11) is 0. The maximum atomic E-state index is 4.26. The second-order valence-corrected chi connectivity index (χ2v) is 3.75. The van der Waals surface area contributed by atoms with E-state index in [1.807, 2.05) is 24.5 Å². The Balaban J connectivity index is 2.45. The first-order valence-corrected chi connectivity index (χ1v) is 4.51. The first-order chi connectivity index (χ1) is 5.86. The van der Waals surface area contributed by atoms with Crippen LogP contribution in [0.4, 0.5) is 0 Å². The Kier molecular flexibility index (Phi) is 1.87. The fourth-order valence-electron chi connectivity index (χ4n) is 0.977. The molecule has 0 radical (unpaired) electrons. The molecule has 0 aromatic carbocycles. The van der Waals surface area contributed by atoms with Gasteiger partial charge in [-0.3, -0.25) is 4.98 Å². The second-order valence-electron chi connectivity index (χ2n) is 2.52. The molecular weight excluding hydrogens is 168 g/mol. The number of hydrogen-bond acceptors (Lipinski definition) is 3. The van der Waals surface area contributed by atoms with E-state index in [4.69, 9.17) is 0 Å². The van der Waals surface area contributed by atoms with Gasteiger partial charge in [-0.05, 0) is 19.1 Å². The third-order valence-corrected chi connectivity index (χ3v) is 2.49. The van der Waals surface area contributed by atoms with Crippen molar-refractivity contribution in [1.82, 2.24) is 9.97 Å². The first kappa shape index (κ1) is 7.43. The molecule has 2 nitrogen and oxygen atoms in total. The van der Waals surface area contributed by atoms with Crippen LogP contribution >= 0.6 is 11.3 Å². The topological polar surface area (TPSA) is 25.8 Å². The van der Waals surface area contributed by atoms with Crippen LogP contribution in [0.1, 0.15) is 4.88 Å². The van der Waals surface area contributed by atoms with Gasteiger partial charge in [0.25, 0.3) is 0 Å². The van der Waals surface area contributed by atoms with E-state index in [-0.39, 0.29) is 0 Å². The standard InChI is InChI=1S/C9H8N2S/c1-7-5-11-9(12-7)8-3-2-4-10-6-8/h2-6H,1H3. The predicted octanol–water partition coefficient (Wildman–Crippen LogP) is 2.51. The van der Waals surface area contributed by atoms with Crippen LogP contribution in [0.25, 0.3) is 10.6 Å². The molecule has 2 heterocycles. The summed E-state index contributed by atoms with van der Waals surface area (Å²) in [5.74, 6) is 0. The molecule has 2 aromatic heterocycles. The third kappa shape index (κ3) is 1.36. The maximum Gasteiger partial charge on any atom is 0.125 e. The zero-order valence-corrected chi connectivity index (χ0v) is 7.51. The van der Waals surface area contributed by atoms with E-state index in [9.17, 15) is 0 Å². The van der Waals surface area contributed by atoms with Crippen LogP contribution < -0.4 is 0 Å². The average Bonchev–Trinajstić information content (AvgIpc) is 2.54. The smallest absolute Gasteiger partial charge is 0.125 e. The minimum Gasteiger partial charge on any atom is -0.264 e. The number of thiazole rings is 1. The summed E-state index contributed by atoms with van der Waals surface area (Å²) in [6.07, 6.45) is 5.48. The van der Waals surface area contributed by atoms with Gasteiger partial charge in [-0.2, -0.15) is 0 Å². The first-order valence-electron chi connectivity index (χ1n) is 3.69. The summed E-state index contributed by atoms with van der Waals surface area (Å²) in [5, 5.41) is 1.04. The van der Waals surface area contributed by atoms with E-state index < -0.39 is 0 Å². The molecule has 0 aliphatic heterocycles. The van der Waals surface area contributed by atoms with Crippen molar-refractivity contribution >= 4 is 11.3 Å². The lowest BCUT2D eigenvalue weighted by Crippen LogP contribution is -1.75. The molecule has 0 fully saturated rings. The maximum absolute atomic E-state index is 4.26. The van der Waals surface area contributed by atoms with Crippen LogP contribution in [-0.4, -0.2) is 9.97 Å². The number of aromatic nitrogens is 2. The van der Waals surface area contributed by atoms with Crippen molar-refractivity contribution in [2.45, 2.75) is 6.92 Å². The molecule has 2 aromatic rings. The quantitative estimate of drug-likeness (QED) is 0.667. The SMILES string of the molecule is Cc1cnc(-c2cccnc2)s1. The minimum absolute atomic E-state index is 1.04. The Morgan fingerprint density at radius 2 is 2.25 bits per heavy atom. The summed E-state index contributed by atoms with van der Waals surface area (Å²) < 4.78 is 0. The number of hydrogen-bond donors (Lipinski definition) is 0. The summed E-state index contributed by atoms with van der Waals surface area (Å²) in [4.78, 5) is 9.53. The Labute approximate surface area is 74.9 Å². The molecular formula is C9H8N2S. The molecule has 0 unspecified atom stereocenters. The fraction of sp³-hybridized carbons (Fsp3) is 0.111. The average molecular weight is 176 g/mol. The highest BCUT2D eigenvalue weighted by Crippen LogP contribution is 2.22. The second kappa shape index (κ2) is 3.03. The summed E-state index contributed by atoms with van der Waals surface area (Å²) in [6, 6.07) is 3.94. The molecule has 0 N–H and O–H groups in total. The monoisotopic (exact) mass is 176 g/mol. The number of rotatable bonds is 1. The van der Waals surface area contributed by atoms with Crippen molar-refractivity contribution in [3.05, 3.63) is 35.6 Å². The van der Waals surface area contributed by atoms with E-state index in [0.29, 0.717) is 0 Å². The fourth-order valence-corrected chi connectivity index (χ4v) is 1.73. The van der Waals surface area contributed by atoms with Gasteiger partial charge in [-0.1, -0.05) is 0 Å². The van der Waals surface area contributed by atoms with Gasteiger partial charge < -0.3 is 0 Å². The van der Waals surface area contributed by atoms with Gasteiger partial charge >= 0.3 is 0 Å². The van der Waals surface area contributed by atoms with Crippen LogP contribution in [0.3, 0.4) is 0 Å². The summed E-state index contributed by atoms with van der Waals surface area (Å²) >= 11 is 1.69. The predicted molar refractivity (Wildman–Crippen MR) is 50.1 cm³/mol. The molecule has 0 atom stereocenters. The highest BCUT2D eigenvalue weighted by molar-refractivity contribution is 7.14. The lowest BCUT2D eigenvalue weighted by Gasteiger charge is -1.91. The number of pyridine rings is 1. The molecule has 0 aliphatic carbocycles. The Bertz CT molecular complexity index is 367. The number of aryl methyl sites for hydroxylation is 1. The van der Waals surface area contributed by atoms with Gasteiger partial charge in [0.05, 0.1) is 0 Å². The summed E-state index contributed by atoms with van der Waals surface area (Å²) in [5.41, 5.74) is 1.09. The van der Waals surface area contributed by atoms with Crippen molar-refractivity contribution in [3.8, 4) is 10.6 Å². The molecule has 0 saturated heterocycles. The van der Waals surface area contributed by atoms with Gasteiger partial charge in [0.1, 0.15) is 5.01 Å². The highest BCUT2D eigenvalue weighted by atomic mass is 32.1. The van der Waals surface area contributed by atoms with E-state index in [2.05, 4.69) is 16.9 Å². The van der Waals surface area contributed by atoms with Crippen LogP contribution in [0, 0.1) is 6.92 Å². The van der Waals surface area contributed by atoms with Crippen LogP contribution in [0.15, 0.2) is 30.7 Å². The Morgan fingerprint density at radius 3 is 2.83 bits per heavy atom. The molecule has 60 valence electrons. The van der Waals surface area contributed by atoms with Crippen LogP contribution in [0.5, 0.6) is 0 Å². The van der Waals surface area contributed by atoms with Gasteiger partial charge in [-0.25, -0.2) is 4.98 Å². The lowest BCUT2D eigenvalue weighted by molar-refractivity contribution is 1.31. The molecule has 3 heteroatoms. The molecule has 0 amide bonds. The Hall–Kier alpha value is -1.22. The van der Waals surface area contributed by atoms with E-state index >= 15 is 0 Å². The molecule has 0 aliphatic rings. The largest absolute Gasteiger partial charge is 0.264 e. The molecule has 12 heavy (non-hydrogen) atoms. The van der Waals surface area contributed by atoms with Gasteiger partial charge in [-0.15, -0.1) is 11.3 Å². The normalized spacial score (nSPS) is 10.1. The van der Waals surface area contributed by atoms with Crippen molar-refractivity contribution in [2.24, 2.45) is 0 Å². The molecule has 0 spiro atoms. The van der Waals surface area contributed by atoms with Gasteiger partial charge in [0.15, 0.2) is 0 Å². The van der Waals surface area contributed by atoms with Gasteiger partial charge in [0.2, 0.25) is 0 Å². The highest BCUT2D eigenvalue weighted by Gasteiger charge is 2.00. The third-order valence-electron chi connectivity index (χ3n) is 1.53. The van der Waals surface area contributed by atoms with Gasteiger partial charge in [0, 0.05) is 29.0 Å². The molecule has 0 saturated carbocycles. The van der Waals surface area contributed by atoms with Crippen molar-refractivity contribution < 1.29 is 0 Å². The van der Waals surface area contributed by atoms with Crippen molar-refractivity contribution in [1.29, 1.82) is 0 Å². The summed E-state index contributed by atoms with van der Waals surface area (Å²) in [6.45, 7) is 2.05. The lowest BCUT2D eigenvalue weighted by atomic mass is 10.3. The van der Waals surface area contributed by atoms with E-state index in [0.717, 1.165) is 10.6 Å². The minimum atomic E-state index is 1.04. The van der Waals surface area contributed by atoms with Crippen molar-refractivity contribution in [3.63, 3.8) is 0 Å². The zero-order chi connectivity index (χ0) is 8.39.